The van der Waals surface area contributed by atoms with Crippen LogP contribution in [0.4, 0.5) is 0 Å². The number of amides is 1. The van der Waals surface area contributed by atoms with Gasteiger partial charge in [0.2, 0.25) is 5.91 Å². The van der Waals surface area contributed by atoms with Gasteiger partial charge in [0, 0.05) is 12.6 Å². The summed E-state index contributed by atoms with van der Waals surface area (Å²) in [6.07, 6.45) is 6.00. The molecule has 2 aliphatic rings. The summed E-state index contributed by atoms with van der Waals surface area (Å²) in [6.45, 7) is 3.67. The Morgan fingerprint density at radius 3 is 3.00 bits per heavy atom. The highest BCUT2D eigenvalue weighted by atomic mass is 16.3. The summed E-state index contributed by atoms with van der Waals surface area (Å²) in [6, 6.07) is 0.438. The maximum atomic E-state index is 12.0. The second kappa shape index (κ2) is 5.83. The van der Waals surface area contributed by atoms with E-state index in [1.807, 2.05) is 6.92 Å². The van der Waals surface area contributed by atoms with Crippen LogP contribution in [-0.4, -0.2) is 47.2 Å². The van der Waals surface area contributed by atoms with E-state index in [9.17, 15) is 9.90 Å². The fraction of sp³-hybridized carbons (Fsp3) is 0.923. The molecule has 4 heteroatoms. The molecule has 0 aromatic rings. The van der Waals surface area contributed by atoms with Gasteiger partial charge in [-0.1, -0.05) is 0 Å². The molecular weight excluding hydrogens is 216 g/mol. The third-order valence-electron chi connectivity index (χ3n) is 3.94. The molecule has 3 unspecified atom stereocenters. The maximum Gasteiger partial charge on any atom is 0.237 e. The van der Waals surface area contributed by atoms with Gasteiger partial charge in [-0.05, 0) is 52.0 Å². The van der Waals surface area contributed by atoms with Gasteiger partial charge in [0.15, 0.2) is 0 Å². The van der Waals surface area contributed by atoms with E-state index in [4.69, 9.17) is 0 Å². The molecule has 3 atom stereocenters. The summed E-state index contributed by atoms with van der Waals surface area (Å²) >= 11 is 0. The molecule has 0 spiro atoms. The minimum atomic E-state index is -0.269. The van der Waals surface area contributed by atoms with Crippen LogP contribution in [0.3, 0.4) is 0 Å². The quantitative estimate of drug-likeness (QED) is 0.770. The van der Waals surface area contributed by atoms with Crippen LogP contribution in [0.15, 0.2) is 0 Å². The summed E-state index contributed by atoms with van der Waals surface area (Å²) in [5.41, 5.74) is 0. The lowest BCUT2D eigenvalue weighted by atomic mass is 10.0. The van der Waals surface area contributed by atoms with Crippen molar-refractivity contribution in [2.24, 2.45) is 0 Å². The van der Waals surface area contributed by atoms with Gasteiger partial charge in [0.25, 0.3) is 0 Å². The van der Waals surface area contributed by atoms with Crippen molar-refractivity contribution < 1.29 is 9.90 Å². The number of rotatable bonds is 3. The van der Waals surface area contributed by atoms with Gasteiger partial charge in [0.05, 0.1) is 12.1 Å². The zero-order chi connectivity index (χ0) is 12.3. The van der Waals surface area contributed by atoms with Crippen LogP contribution < -0.4 is 5.32 Å². The monoisotopic (exact) mass is 240 g/mol. The van der Waals surface area contributed by atoms with E-state index >= 15 is 0 Å². The lowest BCUT2D eigenvalue weighted by molar-refractivity contribution is -0.126. The molecule has 2 fully saturated rings. The van der Waals surface area contributed by atoms with Gasteiger partial charge in [-0.3, -0.25) is 9.69 Å². The minimum absolute atomic E-state index is 0.0451. The largest absolute Gasteiger partial charge is 0.393 e. The van der Waals surface area contributed by atoms with Crippen LogP contribution in [0, 0.1) is 0 Å². The third-order valence-corrected chi connectivity index (χ3v) is 3.94. The second-order valence-corrected chi connectivity index (χ2v) is 5.42. The number of aliphatic hydroxyl groups excluding tert-OH is 1. The summed E-state index contributed by atoms with van der Waals surface area (Å²) in [5, 5.41) is 12.5. The van der Waals surface area contributed by atoms with Crippen molar-refractivity contribution in [3.8, 4) is 0 Å². The number of nitrogens with one attached hydrogen (secondary N) is 1. The Labute approximate surface area is 103 Å². The average molecular weight is 240 g/mol. The molecule has 2 N–H and O–H groups in total. The van der Waals surface area contributed by atoms with Crippen LogP contribution in [-0.2, 0) is 4.79 Å². The Bertz CT molecular complexity index is 268. The van der Waals surface area contributed by atoms with E-state index in [1.165, 1.54) is 0 Å². The van der Waals surface area contributed by atoms with E-state index in [1.54, 1.807) is 0 Å². The van der Waals surface area contributed by atoms with Gasteiger partial charge < -0.3 is 10.4 Å². The lowest BCUT2D eigenvalue weighted by Crippen LogP contribution is -2.48. The van der Waals surface area contributed by atoms with Crippen molar-refractivity contribution >= 4 is 5.91 Å². The van der Waals surface area contributed by atoms with Crippen LogP contribution in [0.1, 0.15) is 45.4 Å². The summed E-state index contributed by atoms with van der Waals surface area (Å²) in [7, 11) is 0. The number of aliphatic hydroxyl groups is 1. The fourth-order valence-electron chi connectivity index (χ4n) is 3.15. The van der Waals surface area contributed by atoms with Gasteiger partial charge in [-0.2, -0.15) is 0 Å². The van der Waals surface area contributed by atoms with Crippen molar-refractivity contribution in [3.05, 3.63) is 0 Å². The van der Waals surface area contributed by atoms with Crippen molar-refractivity contribution in [1.29, 1.82) is 0 Å². The highest BCUT2D eigenvalue weighted by Crippen LogP contribution is 2.26. The van der Waals surface area contributed by atoms with Crippen LogP contribution in [0.5, 0.6) is 0 Å². The van der Waals surface area contributed by atoms with Crippen molar-refractivity contribution in [1.82, 2.24) is 10.2 Å². The molecule has 0 radical (unpaired) electrons. The van der Waals surface area contributed by atoms with Crippen LogP contribution in [0.25, 0.3) is 0 Å². The average Bonchev–Trinajstić information content (AvgIpc) is 2.59. The number of carbonyl (C=O) groups excluding carboxylic acids is 1. The SMILES string of the molecule is CC(O)CC1CCCN1C1CCCCNC1=O. The summed E-state index contributed by atoms with van der Waals surface area (Å²) in [5.74, 6) is 0.194. The predicted octanol–water partition coefficient (Wildman–Crippen LogP) is 0.890. The van der Waals surface area contributed by atoms with Crippen LogP contribution >= 0.6 is 0 Å². The summed E-state index contributed by atoms with van der Waals surface area (Å²) in [4.78, 5) is 14.3. The van der Waals surface area contributed by atoms with Gasteiger partial charge in [0.1, 0.15) is 0 Å². The van der Waals surface area contributed by atoms with E-state index in [0.717, 1.165) is 51.6 Å². The molecule has 2 heterocycles. The highest BCUT2D eigenvalue weighted by molar-refractivity contribution is 5.82. The van der Waals surface area contributed by atoms with E-state index in [0.29, 0.717) is 6.04 Å². The first-order chi connectivity index (χ1) is 8.18. The predicted molar refractivity (Wildman–Crippen MR) is 66.7 cm³/mol. The number of hydrogen-bond acceptors (Lipinski definition) is 3. The fourth-order valence-corrected chi connectivity index (χ4v) is 3.15. The first kappa shape index (κ1) is 12.8. The normalized spacial score (nSPS) is 33.2. The Kier molecular flexibility index (Phi) is 4.40. The standard InChI is InChI=1S/C13H24N2O2/c1-10(16)9-11-5-4-8-15(11)12-6-2-3-7-14-13(12)17/h10-12,16H,2-9H2,1H3,(H,14,17). The molecule has 4 nitrogen and oxygen atoms in total. The molecule has 2 rings (SSSR count). The molecule has 0 aromatic carbocycles. The summed E-state index contributed by atoms with van der Waals surface area (Å²) < 4.78 is 0. The van der Waals surface area contributed by atoms with Crippen molar-refractivity contribution in [3.63, 3.8) is 0 Å². The zero-order valence-electron chi connectivity index (χ0n) is 10.7. The Balaban J connectivity index is 2.00. The number of nitrogens with zero attached hydrogens (tertiary/aromatic N) is 1. The van der Waals surface area contributed by atoms with Gasteiger partial charge in [-0.15, -0.1) is 0 Å². The Hall–Kier alpha value is -0.610. The molecule has 1 amide bonds. The molecule has 0 aliphatic carbocycles. The number of hydrogen-bond donors (Lipinski definition) is 2. The molecule has 0 aromatic heterocycles. The van der Waals surface area contributed by atoms with Crippen molar-refractivity contribution in [2.45, 2.75) is 63.6 Å². The second-order valence-electron chi connectivity index (χ2n) is 5.42. The molecular formula is C13H24N2O2. The van der Waals surface area contributed by atoms with Gasteiger partial charge >= 0.3 is 0 Å². The number of likely N-dealkylation sites (tertiary alicyclic amines) is 1. The topological polar surface area (TPSA) is 52.6 Å². The van der Waals surface area contributed by atoms with E-state index in [2.05, 4.69) is 10.2 Å². The third kappa shape index (κ3) is 3.19. The highest BCUT2D eigenvalue weighted by Gasteiger charge is 2.35. The molecule has 2 saturated heterocycles. The van der Waals surface area contributed by atoms with E-state index in [-0.39, 0.29) is 18.1 Å². The first-order valence-corrected chi connectivity index (χ1v) is 6.90. The zero-order valence-corrected chi connectivity index (χ0v) is 10.7. The Morgan fingerprint density at radius 1 is 1.41 bits per heavy atom. The smallest absolute Gasteiger partial charge is 0.237 e. The number of carbonyl (C=O) groups is 1. The van der Waals surface area contributed by atoms with E-state index < -0.39 is 0 Å². The van der Waals surface area contributed by atoms with Crippen LogP contribution in [0.2, 0.25) is 0 Å². The minimum Gasteiger partial charge on any atom is -0.393 e. The molecule has 98 valence electrons. The molecule has 0 bridgehead atoms. The lowest BCUT2D eigenvalue weighted by Gasteiger charge is -2.31. The first-order valence-electron chi connectivity index (χ1n) is 6.90. The molecule has 2 aliphatic heterocycles. The Morgan fingerprint density at radius 2 is 2.24 bits per heavy atom. The molecule has 17 heavy (non-hydrogen) atoms. The van der Waals surface area contributed by atoms with Gasteiger partial charge in [-0.25, -0.2) is 0 Å². The molecule has 0 saturated carbocycles. The van der Waals surface area contributed by atoms with Crippen molar-refractivity contribution in [2.75, 3.05) is 13.1 Å². The maximum absolute atomic E-state index is 12.0.